The fourth-order valence-electron chi connectivity index (χ4n) is 2.39. The standard InChI is InChI=1S/C19H21N5O2/c1-24(2)17(15-6-4-3-5-7-15)13-21-19(26)23-22-18(25)16-10-8-14(12-20)9-11-16/h3-11,17H,13H2,1-2H3,(H,22,25)(H2,21,23,26). The van der Waals surface area contributed by atoms with Crippen LogP contribution in [0.5, 0.6) is 0 Å². The van der Waals surface area contributed by atoms with E-state index in [0.29, 0.717) is 17.7 Å². The topological polar surface area (TPSA) is 97.3 Å². The number of likely N-dealkylation sites (N-methyl/N-ethyl adjacent to an activating group) is 1. The van der Waals surface area contributed by atoms with Gasteiger partial charge in [-0.05, 0) is 43.9 Å². The summed E-state index contributed by atoms with van der Waals surface area (Å²) in [5.41, 5.74) is 6.54. The fraction of sp³-hybridized carbons (Fsp3) is 0.211. The lowest BCUT2D eigenvalue weighted by atomic mass is 10.1. The molecule has 2 aromatic carbocycles. The summed E-state index contributed by atoms with van der Waals surface area (Å²) in [5.74, 6) is -0.461. The van der Waals surface area contributed by atoms with Crippen molar-refractivity contribution in [3.63, 3.8) is 0 Å². The fourth-order valence-corrected chi connectivity index (χ4v) is 2.39. The van der Waals surface area contributed by atoms with Crippen LogP contribution in [-0.2, 0) is 0 Å². The number of rotatable bonds is 5. The first kappa shape index (κ1) is 19.0. The van der Waals surface area contributed by atoms with Crippen molar-refractivity contribution < 1.29 is 9.59 Å². The summed E-state index contributed by atoms with van der Waals surface area (Å²) in [4.78, 5) is 25.9. The van der Waals surface area contributed by atoms with Crippen LogP contribution >= 0.6 is 0 Å². The second kappa shape index (κ2) is 9.20. The molecule has 0 saturated heterocycles. The van der Waals surface area contributed by atoms with Gasteiger partial charge in [-0.25, -0.2) is 10.2 Å². The van der Waals surface area contributed by atoms with Crippen molar-refractivity contribution in [3.8, 4) is 6.07 Å². The lowest BCUT2D eigenvalue weighted by Crippen LogP contribution is -2.48. The molecule has 0 bridgehead atoms. The van der Waals surface area contributed by atoms with Crippen LogP contribution in [-0.4, -0.2) is 37.5 Å². The Hall–Kier alpha value is -3.37. The minimum Gasteiger partial charge on any atom is -0.335 e. The van der Waals surface area contributed by atoms with Gasteiger partial charge in [0, 0.05) is 12.1 Å². The molecule has 0 saturated carbocycles. The molecule has 2 aromatic rings. The van der Waals surface area contributed by atoms with Crippen LogP contribution in [0.15, 0.2) is 54.6 Å². The zero-order chi connectivity index (χ0) is 18.9. The van der Waals surface area contributed by atoms with Crippen molar-refractivity contribution in [2.45, 2.75) is 6.04 Å². The van der Waals surface area contributed by atoms with E-state index in [1.165, 1.54) is 24.3 Å². The number of nitriles is 1. The highest BCUT2D eigenvalue weighted by molar-refractivity contribution is 5.95. The van der Waals surface area contributed by atoms with Gasteiger partial charge in [0.25, 0.3) is 5.91 Å². The first-order valence-corrected chi connectivity index (χ1v) is 8.07. The average Bonchev–Trinajstić information content (AvgIpc) is 2.67. The molecule has 1 unspecified atom stereocenters. The number of hydrazine groups is 1. The number of carbonyl (C=O) groups is 2. The predicted molar refractivity (Wildman–Crippen MR) is 98.0 cm³/mol. The molecule has 3 N–H and O–H groups in total. The second-order valence-electron chi connectivity index (χ2n) is 5.87. The highest BCUT2D eigenvalue weighted by Gasteiger charge is 2.15. The SMILES string of the molecule is CN(C)C(CNC(=O)NNC(=O)c1ccc(C#N)cc1)c1ccccc1. The first-order valence-electron chi connectivity index (χ1n) is 8.07. The molecule has 0 heterocycles. The van der Waals surface area contributed by atoms with Gasteiger partial charge in [0.05, 0.1) is 17.7 Å². The van der Waals surface area contributed by atoms with Crippen LogP contribution in [0.1, 0.15) is 27.5 Å². The number of carbonyl (C=O) groups excluding carboxylic acids is 2. The normalized spacial score (nSPS) is 11.3. The molecule has 0 spiro atoms. The molecule has 0 aliphatic carbocycles. The molecule has 0 aliphatic rings. The minimum absolute atomic E-state index is 0.0103. The highest BCUT2D eigenvalue weighted by Crippen LogP contribution is 2.16. The number of nitrogens with zero attached hydrogens (tertiary/aromatic N) is 2. The van der Waals surface area contributed by atoms with Gasteiger partial charge in [0.15, 0.2) is 0 Å². The third-order valence-corrected chi connectivity index (χ3v) is 3.83. The van der Waals surface area contributed by atoms with E-state index >= 15 is 0 Å². The van der Waals surface area contributed by atoms with Crippen molar-refractivity contribution in [1.29, 1.82) is 5.26 Å². The summed E-state index contributed by atoms with van der Waals surface area (Å²) < 4.78 is 0. The number of hydrogen-bond acceptors (Lipinski definition) is 4. The Morgan fingerprint density at radius 3 is 2.27 bits per heavy atom. The maximum atomic E-state index is 12.0. The lowest BCUT2D eigenvalue weighted by molar-refractivity contribution is 0.0936. The Morgan fingerprint density at radius 2 is 1.69 bits per heavy atom. The van der Waals surface area contributed by atoms with Gasteiger partial charge in [-0.2, -0.15) is 5.26 Å². The molecule has 134 valence electrons. The van der Waals surface area contributed by atoms with Crippen LogP contribution in [0.4, 0.5) is 4.79 Å². The van der Waals surface area contributed by atoms with Crippen LogP contribution in [0.3, 0.4) is 0 Å². The molecule has 7 heteroatoms. The summed E-state index contributed by atoms with van der Waals surface area (Å²) >= 11 is 0. The monoisotopic (exact) mass is 351 g/mol. The molecule has 26 heavy (non-hydrogen) atoms. The van der Waals surface area contributed by atoms with Gasteiger partial charge >= 0.3 is 6.03 Å². The van der Waals surface area contributed by atoms with E-state index in [0.717, 1.165) is 5.56 Å². The molecule has 2 rings (SSSR count). The van der Waals surface area contributed by atoms with E-state index in [1.807, 2.05) is 55.4 Å². The van der Waals surface area contributed by atoms with E-state index in [-0.39, 0.29) is 6.04 Å². The highest BCUT2D eigenvalue weighted by atomic mass is 16.2. The number of amides is 3. The Morgan fingerprint density at radius 1 is 1.04 bits per heavy atom. The molecule has 0 radical (unpaired) electrons. The first-order chi connectivity index (χ1) is 12.5. The predicted octanol–water partition coefficient (Wildman–Crippen LogP) is 1.81. The quantitative estimate of drug-likeness (QED) is 0.716. The van der Waals surface area contributed by atoms with Gasteiger partial charge in [-0.1, -0.05) is 30.3 Å². The average molecular weight is 351 g/mol. The molecule has 0 aliphatic heterocycles. The van der Waals surface area contributed by atoms with E-state index < -0.39 is 11.9 Å². The van der Waals surface area contributed by atoms with Crippen molar-refractivity contribution >= 4 is 11.9 Å². The van der Waals surface area contributed by atoms with E-state index in [4.69, 9.17) is 5.26 Å². The summed E-state index contributed by atoms with van der Waals surface area (Å²) in [7, 11) is 3.87. The molecule has 3 amide bonds. The maximum absolute atomic E-state index is 12.0. The van der Waals surface area contributed by atoms with Gasteiger partial charge < -0.3 is 10.2 Å². The second-order valence-corrected chi connectivity index (χ2v) is 5.87. The van der Waals surface area contributed by atoms with Crippen LogP contribution < -0.4 is 16.2 Å². The zero-order valence-corrected chi connectivity index (χ0v) is 14.7. The maximum Gasteiger partial charge on any atom is 0.333 e. The third-order valence-electron chi connectivity index (χ3n) is 3.83. The van der Waals surface area contributed by atoms with E-state index in [1.54, 1.807) is 0 Å². The lowest BCUT2D eigenvalue weighted by Gasteiger charge is -2.25. The Labute approximate surface area is 152 Å². The number of hydrogen-bond donors (Lipinski definition) is 3. The molecule has 0 aromatic heterocycles. The van der Waals surface area contributed by atoms with Crippen molar-refractivity contribution in [3.05, 3.63) is 71.3 Å². The van der Waals surface area contributed by atoms with E-state index in [2.05, 4.69) is 16.2 Å². The van der Waals surface area contributed by atoms with Crippen molar-refractivity contribution in [2.75, 3.05) is 20.6 Å². The van der Waals surface area contributed by atoms with Crippen LogP contribution in [0.25, 0.3) is 0 Å². The molecular formula is C19H21N5O2. The zero-order valence-electron chi connectivity index (χ0n) is 14.7. The Balaban J connectivity index is 1.84. The number of urea groups is 1. The summed E-state index contributed by atoms with van der Waals surface area (Å²) in [6.45, 7) is 0.385. The van der Waals surface area contributed by atoms with Gasteiger partial charge in [0.1, 0.15) is 0 Å². The van der Waals surface area contributed by atoms with E-state index in [9.17, 15) is 9.59 Å². The smallest absolute Gasteiger partial charge is 0.333 e. The van der Waals surface area contributed by atoms with Crippen LogP contribution in [0, 0.1) is 11.3 Å². The Kier molecular flexibility index (Phi) is 6.71. The van der Waals surface area contributed by atoms with Crippen LogP contribution in [0.2, 0.25) is 0 Å². The van der Waals surface area contributed by atoms with Gasteiger partial charge in [-0.15, -0.1) is 0 Å². The number of benzene rings is 2. The summed E-state index contributed by atoms with van der Waals surface area (Å²) in [5, 5.41) is 11.5. The minimum atomic E-state index is -0.505. The Bertz CT molecular complexity index is 782. The third kappa shape index (κ3) is 5.33. The molecule has 1 atom stereocenters. The molecule has 0 fully saturated rings. The number of nitrogens with one attached hydrogen (secondary N) is 3. The summed E-state index contributed by atoms with van der Waals surface area (Å²) in [6, 6.07) is 17.4. The van der Waals surface area contributed by atoms with Crippen molar-refractivity contribution in [2.24, 2.45) is 0 Å². The van der Waals surface area contributed by atoms with Gasteiger partial charge in [0.2, 0.25) is 0 Å². The molecular weight excluding hydrogens is 330 g/mol. The molecule has 7 nitrogen and oxygen atoms in total. The van der Waals surface area contributed by atoms with Crippen molar-refractivity contribution in [1.82, 2.24) is 21.1 Å². The summed E-state index contributed by atoms with van der Waals surface area (Å²) in [6.07, 6.45) is 0. The van der Waals surface area contributed by atoms with Gasteiger partial charge in [-0.3, -0.25) is 10.2 Å². The largest absolute Gasteiger partial charge is 0.335 e.